The molecule has 0 spiro atoms. The van der Waals surface area contributed by atoms with Crippen molar-refractivity contribution in [3.05, 3.63) is 107 Å². The molecular weight excluding hydrogens is 410 g/mol. The second-order valence-corrected chi connectivity index (χ2v) is 9.43. The zero-order chi connectivity index (χ0) is 23.8. The first-order valence-electron chi connectivity index (χ1n) is 11.3. The van der Waals surface area contributed by atoms with Gasteiger partial charge in [0.1, 0.15) is 5.76 Å². The number of anilines is 1. The average Bonchev–Trinajstić information content (AvgIpc) is 3.09. The fraction of sp³-hybridized carbons (Fsp3) is 0.241. The molecule has 3 aromatic rings. The summed E-state index contributed by atoms with van der Waals surface area (Å²) in [6.07, 6.45) is 0.875. The quantitative estimate of drug-likeness (QED) is 0.300. The Morgan fingerprint density at radius 1 is 0.879 bits per heavy atom. The minimum absolute atomic E-state index is 0.0316. The van der Waals surface area contributed by atoms with E-state index < -0.39 is 17.7 Å². The van der Waals surface area contributed by atoms with Crippen molar-refractivity contribution in [2.45, 2.75) is 45.6 Å². The van der Waals surface area contributed by atoms with Gasteiger partial charge in [0.05, 0.1) is 11.6 Å². The maximum atomic E-state index is 13.2. The number of rotatable bonds is 4. The average molecular weight is 440 g/mol. The van der Waals surface area contributed by atoms with Crippen molar-refractivity contribution in [1.29, 1.82) is 0 Å². The first kappa shape index (κ1) is 22.5. The zero-order valence-corrected chi connectivity index (χ0v) is 19.5. The molecule has 1 aliphatic rings. The van der Waals surface area contributed by atoms with E-state index in [1.165, 1.54) is 4.90 Å². The van der Waals surface area contributed by atoms with Crippen molar-refractivity contribution in [3.63, 3.8) is 0 Å². The van der Waals surface area contributed by atoms with Gasteiger partial charge in [0.25, 0.3) is 11.7 Å². The molecular formula is C29H29NO3. The molecule has 1 N–H and O–H groups in total. The molecule has 1 heterocycles. The van der Waals surface area contributed by atoms with Crippen LogP contribution in [0.25, 0.3) is 5.76 Å². The Kier molecular flexibility index (Phi) is 5.94. The number of amides is 1. The fourth-order valence-corrected chi connectivity index (χ4v) is 4.23. The lowest BCUT2D eigenvalue weighted by molar-refractivity contribution is -0.132. The van der Waals surface area contributed by atoms with Crippen LogP contribution in [-0.2, 0) is 21.4 Å². The number of carbonyl (C=O) groups excluding carboxylic acids is 2. The second-order valence-electron chi connectivity index (χ2n) is 9.43. The van der Waals surface area contributed by atoms with E-state index in [0.29, 0.717) is 11.3 Å². The summed E-state index contributed by atoms with van der Waals surface area (Å²) >= 11 is 0. The summed E-state index contributed by atoms with van der Waals surface area (Å²) in [5.41, 5.74) is 4.25. The van der Waals surface area contributed by atoms with Gasteiger partial charge in [-0.2, -0.15) is 0 Å². The highest BCUT2D eigenvalue weighted by Crippen LogP contribution is 2.42. The summed E-state index contributed by atoms with van der Waals surface area (Å²) in [6.45, 7) is 8.44. The Hall–Kier alpha value is -3.66. The molecule has 1 saturated heterocycles. The van der Waals surface area contributed by atoms with Gasteiger partial charge in [0.2, 0.25) is 0 Å². The maximum Gasteiger partial charge on any atom is 0.300 e. The molecule has 33 heavy (non-hydrogen) atoms. The Labute approximate surface area is 195 Å². The van der Waals surface area contributed by atoms with Crippen LogP contribution in [0.5, 0.6) is 0 Å². The monoisotopic (exact) mass is 439 g/mol. The Balaban J connectivity index is 1.87. The zero-order valence-electron chi connectivity index (χ0n) is 19.5. The highest BCUT2D eigenvalue weighted by Gasteiger charge is 2.46. The van der Waals surface area contributed by atoms with Gasteiger partial charge < -0.3 is 5.11 Å². The lowest BCUT2D eigenvalue weighted by Gasteiger charge is -2.26. The summed E-state index contributed by atoms with van der Waals surface area (Å²) in [6, 6.07) is 23.8. The van der Waals surface area contributed by atoms with E-state index in [1.54, 1.807) is 12.1 Å². The van der Waals surface area contributed by atoms with E-state index in [4.69, 9.17) is 0 Å². The number of nitrogens with zero attached hydrogens (tertiary/aromatic N) is 1. The molecule has 4 nitrogen and oxygen atoms in total. The van der Waals surface area contributed by atoms with E-state index in [9.17, 15) is 14.7 Å². The van der Waals surface area contributed by atoms with E-state index in [-0.39, 0.29) is 16.7 Å². The molecule has 0 radical (unpaired) electrons. The molecule has 3 aromatic carbocycles. The third kappa shape index (κ3) is 4.21. The molecule has 0 aromatic heterocycles. The molecule has 1 fully saturated rings. The van der Waals surface area contributed by atoms with Crippen LogP contribution in [0.4, 0.5) is 5.69 Å². The molecule has 1 unspecified atom stereocenters. The van der Waals surface area contributed by atoms with Gasteiger partial charge >= 0.3 is 0 Å². The predicted molar refractivity (Wildman–Crippen MR) is 132 cm³/mol. The molecule has 1 amide bonds. The topological polar surface area (TPSA) is 57.6 Å². The van der Waals surface area contributed by atoms with Crippen molar-refractivity contribution in [3.8, 4) is 0 Å². The number of aliphatic hydroxyl groups excluding tert-OH is 1. The van der Waals surface area contributed by atoms with Crippen molar-refractivity contribution in [2.75, 3.05) is 4.90 Å². The lowest BCUT2D eigenvalue weighted by atomic mass is 9.87. The van der Waals surface area contributed by atoms with E-state index >= 15 is 0 Å². The molecule has 4 heteroatoms. The summed E-state index contributed by atoms with van der Waals surface area (Å²) in [7, 11) is 0. The van der Waals surface area contributed by atoms with Gasteiger partial charge in [0.15, 0.2) is 0 Å². The molecule has 1 aliphatic heterocycles. The first-order chi connectivity index (χ1) is 15.7. The van der Waals surface area contributed by atoms with Crippen LogP contribution in [0.2, 0.25) is 0 Å². The number of aliphatic hydroxyl groups is 1. The summed E-state index contributed by atoms with van der Waals surface area (Å²) in [5, 5.41) is 11.2. The lowest BCUT2D eigenvalue weighted by Crippen LogP contribution is -2.29. The number of aryl methyl sites for hydroxylation is 1. The van der Waals surface area contributed by atoms with Crippen LogP contribution in [0.1, 0.15) is 56.0 Å². The highest BCUT2D eigenvalue weighted by molar-refractivity contribution is 6.51. The van der Waals surface area contributed by atoms with Crippen molar-refractivity contribution >= 4 is 23.1 Å². The van der Waals surface area contributed by atoms with E-state index in [2.05, 4.69) is 27.7 Å². The standard InChI is InChI=1S/C29H29NO3/c1-5-19-11-13-21(14-12-19)26(31)24-25(20-9-7-6-8-10-20)30(28(33)27(24)32)23-17-15-22(16-18-23)29(2,3)4/h6-18,25,31H,5H2,1-4H3/b26-24+. The van der Waals surface area contributed by atoms with Crippen molar-refractivity contribution in [1.82, 2.24) is 0 Å². The molecule has 1 atom stereocenters. The van der Waals surface area contributed by atoms with Gasteiger partial charge in [0, 0.05) is 11.3 Å². The predicted octanol–water partition coefficient (Wildman–Crippen LogP) is 6.17. The van der Waals surface area contributed by atoms with E-state index in [1.807, 2.05) is 66.7 Å². The molecule has 4 rings (SSSR count). The number of hydrogen-bond acceptors (Lipinski definition) is 3. The third-order valence-electron chi connectivity index (χ3n) is 6.21. The molecule has 0 bridgehead atoms. The number of ketones is 1. The van der Waals surface area contributed by atoms with Crippen LogP contribution in [0.3, 0.4) is 0 Å². The van der Waals surface area contributed by atoms with Crippen LogP contribution in [0, 0.1) is 0 Å². The van der Waals surface area contributed by atoms with Crippen LogP contribution in [-0.4, -0.2) is 16.8 Å². The van der Waals surface area contributed by atoms with Crippen LogP contribution in [0.15, 0.2) is 84.4 Å². The minimum atomic E-state index is -0.711. The normalized spacial score (nSPS) is 18.1. The molecule has 168 valence electrons. The first-order valence-corrected chi connectivity index (χ1v) is 11.3. The van der Waals surface area contributed by atoms with Crippen molar-refractivity contribution < 1.29 is 14.7 Å². The van der Waals surface area contributed by atoms with Crippen molar-refractivity contribution in [2.24, 2.45) is 0 Å². The number of hydrogen-bond donors (Lipinski definition) is 1. The maximum absolute atomic E-state index is 13.2. The summed E-state index contributed by atoms with van der Waals surface area (Å²) < 4.78 is 0. The number of benzene rings is 3. The number of carbonyl (C=O) groups is 2. The fourth-order valence-electron chi connectivity index (χ4n) is 4.23. The van der Waals surface area contributed by atoms with Gasteiger partial charge in [-0.25, -0.2) is 0 Å². The van der Waals surface area contributed by atoms with Gasteiger partial charge in [-0.3, -0.25) is 14.5 Å². The van der Waals surface area contributed by atoms with Crippen LogP contribution >= 0.6 is 0 Å². The SMILES string of the molecule is CCc1ccc(/C(O)=C2\C(=O)C(=O)N(c3ccc(C(C)(C)C)cc3)C2c2ccccc2)cc1. The number of Topliss-reactive ketones (excluding diaryl/α,β-unsaturated/α-hetero) is 1. The smallest absolute Gasteiger partial charge is 0.300 e. The molecule has 0 aliphatic carbocycles. The highest BCUT2D eigenvalue weighted by atomic mass is 16.3. The molecule has 0 saturated carbocycles. The Morgan fingerprint density at radius 2 is 1.48 bits per heavy atom. The summed E-state index contributed by atoms with van der Waals surface area (Å²) in [5.74, 6) is -1.47. The second kappa shape index (κ2) is 8.70. The third-order valence-corrected chi connectivity index (χ3v) is 6.21. The van der Waals surface area contributed by atoms with E-state index in [0.717, 1.165) is 23.1 Å². The van der Waals surface area contributed by atoms with Gasteiger partial charge in [-0.15, -0.1) is 0 Å². The largest absolute Gasteiger partial charge is 0.507 e. The van der Waals surface area contributed by atoms with Crippen LogP contribution < -0.4 is 4.90 Å². The summed E-state index contributed by atoms with van der Waals surface area (Å²) in [4.78, 5) is 28.0. The Morgan fingerprint density at radius 3 is 2.03 bits per heavy atom. The Bertz CT molecular complexity index is 1200. The minimum Gasteiger partial charge on any atom is -0.507 e. The van der Waals surface area contributed by atoms with Gasteiger partial charge in [-0.05, 0) is 40.7 Å². The van der Waals surface area contributed by atoms with Gasteiger partial charge in [-0.1, -0.05) is 94.4 Å².